The van der Waals surface area contributed by atoms with Gasteiger partial charge in [-0.2, -0.15) is 0 Å². The minimum absolute atomic E-state index is 0.000257. The molecular weight excluding hydrogens is 472 g/mol. The number of esters is 4. The highest BCUT2D eigenvalue weighted by Gasteiger charge is 2.63. The van der Waals surface area contributed by atoms with Crippen molar-refractivity contribution < 1.29 is 61.8 Å². The Balaban J connectivity index is 1.92. The summed E-state index contributed by atoms with van der Waals surface area (Å²) in [6, 6.07) is 0. The zero-order valence-electron chi connectivity index (χ0n) is 20.2. The lowest BCUT2D eigenvalue weighted by molar-refractivity contribution is -0.354. The predicted octanol–water partition coefficient (Wildman–Crippen LogP) is 0.479. The molecule has 1 unspecified atom stereocenters. The van der Waals surface area contributed by atoms with Crippen LogP contribution in [-0.4, -0.2) is 86.5 Å². The second-order valence-corrected chi connectivity index (χ2v) is 7.93. The molecule has 3 heterocycles. The van der Waals surface area contributed by atoms with Gasteiger partial charge in [-0.05, 0) is 19.9 Å². The third-order valence-corrected chi connectivity index (χ3v) is 5.17. The average Bonchev–Trinajstić information content (AvgIpc) is 3.10. The van der Waals surface area contributed by atoms with E-state index in [-0.39, 0.29) is 25.4 Å². The lowest BCUT2D eigenvalue weighted by Crippen LogP contribution is -2.60. The zero-order valence-corrected chi connectivity index (χ0v) is 20.2. The zero-order chi connectivity index (χ0) is 25.8. The normalized spacial score (nSPS) is 33.7. The van der Waals surface area contributed by atoms with E-state index in [0.717, 1.165) is 0 Å². The highest BCUT2D eigenvalue weighted by molar-refractivity contribution is 5.86. The molecule has 2 fully saturated rings. The van der Waals surface area contributed by atoms with Crippen molar-refractivity contribution in [1.29, 1.82) is 0 Å². The van der Waals surface area contributed by atoms with E-state index in [1.807, 2.05) is 0 Å². The largest absolute Gasteiger partial charge is 0.463 e. The van der Waals surface area contributed by atoms with Crippen molar-refractivity contribution in [2.75, 3.05) is 19.8 Å². The first-order chi connectivity index (χ1) is 16.6. The van der Waals surface area contributed by atoms with E-state index in [2.05, 4.69) is 0 Å². The van der Waals surface area contributed by atoms with Crippen molar-refractivity contribution in [3.8, 4) is 0 Å². The van der Waals surface area contributed by atoms with Crippen LogP contribution in [0.1, 0.15) is 41.0 Å². The highest BCUT2D eigenvalue weighted by Crippen LogP contribution is 2.44. The third-order valence-electron chi connectivity index (χ3n) is 5.17. The van der Waals surface area contributed by atoms with Crippen LogP contribution >= 0.6 is 0 Å². The van der Waals surface area contributed by atoms with Crippen molar-refractivity contribution >= 4 is 23.9 Å². The summed E-state index contributed by atoms with van der Waals surface area (Å²) in [5, 5.41) is 0. The predicted molar refractivity (Wildman–Crippen MR) is 111 cm³/mol. The van der Waals surface area contributed by atoms with Crippen molar-refractivity contribution in [3.05, 3.63) is 11.8 Å². The summed E-state index contributed by atoms with van der Waals surface area (Å²) in [4.78, 5) is 47.5. The number of fused-ring (bicyclic) bond motifs is 1. The molecule has 0 aliphatic carbocycles. The number of ether oxygens (including phenoxy) is 9. The van der Waals surface area contributed by atoms with Crippen LogP contribution in [0.25, 0.3) is 0 Å². The van der Waals surface area contributed by atoms with E-state index in [4.69, 9.17) is 42.6 Å². The van der Waals surface area contributed by atoms with Crippen LogP contribution in [0.15, 0.2) is 11.8 Å². The first kappa shape index (κ1) is 26.9. The van der Waals surface area contributed by atoms with E-state index in [1.54, 1.807) is 13.8 Å². The molecule has 0 radical (unpaired) electrons. The Morgan fingerprint density at radius 1 is 0.943 bits per heavy atom. The lowest BCUT2D eigenvalue weighted by atomic mass is 9.98. The Labute approximate surface area is 201 Å². The van der Waals surface area contributed by atoms with E-state index >= 15 is 0 Å². The Kier molecular flexibility index (Phi) is 8.70. The van der Waals surface area contributed by atoms with Gasteiger partial charge in [-0.25, -0.2) is 4.79 Å². The topological polar surface area (TPSA) is 151 Å². The van der Waals surface area contributed by atoms with Crippen molar-refractivity contribution in [2.45, 2.75) is 83.8 Å². The second kappa shape index (κ2) is 11.3. The number of rotatable bonds is 8. The summed E-state index contributed by atoms with van der Waals surface area (Å²) in [7, 11) is 0. The van der Waals surface area contributed by atoms with Gasteiger partial charge in [0.05, 0.1) is 19.1 Å². The van der Waals surface area contributed by atoms with Gasteiger partial charge in [-0.1, -0.05) is 0 Å². The summed E-state index contributed by atoms with van der Waals surface area (Å²) >= 11 is 0. The van der Waals surface area contributed by atoms with Crippen LogP contribution in [0.2, 0.25) is 0 Å². The minimum Gasteiger partial charge on any atom is -0.463 e. The number of carbonyl (C=O) groups is 4. The first-order valence-electron chi connectivity index (χ1n) is 11.3. The fourth-order valence-corrected chi connectivity index (χ4v) is 4.00. The van der Waals surface area contributed by atoms with Gasteiger partial charge in [0.1, 0.15) is 12.7 Å². The molecule has 13 nitrogen and oxygen atoms in total. The van der Waals surface area contributed by atoms with Gasteiger partial charge in [0.25, 0.3) is 0 Å². The van der Waals surface area contributed by atoms with Crippen LogP contribution in [0.4, 0.5) is 0 Å². The fraction of sp³-hybridized carbons (Fsp3) is 0.727. The molecule has 3 aliphatic rings. The van der Waals surface area contributed by atoms with Gasteiger partial charge >= 0.3 is 29.9 Å². The molecule has 35 heavy (non-hydrogen) atoms. The van der Waals surface area contributed by atoms with Crippen LogP contribution in [0.5, 0.6) is 0 Å². The Bertz CT molecular complexity index is 854. The molecule has 2 saturated heterocycles. The molecule has 13 heteroatoms. The standard InChI is InChI=1S/C22H30O13/c1-6-27-14-8-15(20(26)28-7-2)33-22(9-14)34-19-18(31-13(5)25)17(30-12(4)24)16(10-29-11(3)23)32-21(19)35-22/h8,14,16-19,21H,6-7,9-10H2,1-5H3/t14?,16-,17-,18+,19+,21+,22-/m1/s1. The molecule has 0 amide bonds. The Morgan fingerprint density at radius 2 is 1.63 bits per heavy atom. The van der Waals surface area contributed by atoms with Gasteiger partial charge < -0.3 is 37.9 Å². The summed E-state index contributed by atoms with van der Waals surface area (Å²) in [6.07, 6.45) is -4.96. The van der Waals surface area contributed by atoms with E-state index in [9.17, 15) is 19.2 Å². The number of hydrogen-bond acceptors (Lipinski definition) is 13. The first-order valence-corrected chi connectivity index (χ1v) is 11.3. The van der Waals surface area contributed by atoms with Gasteiger partial charge in [0.2, 0.25) is 5.76 Å². The van der Waals surface area contributed by atoms with Crippen molar-refractivity contribution in [3.63, 3.8) is 0 Å². The number of hydrogen-bond donors (Lipinski definition) is 0. The van der Waals surface area contributed by atoms with E-state index in [1.165, 1.54) is 26.8 Å². The molecule has 3 aliphatic heterocycles. The number of carbonyl (C=O) groups excluding carboxylic acids is 4. The molecule has 0 N–H and O–H groups in total. The minimum atomic E-state index is -1.86. The van der Waals surface area contributed by atoms with Crippen LogP contribution < -0.4 is 0 Å². The third kappa shape index (κ3) is 6.48. The summed E-state index contributed by atoms with van der Waals surface area (Å²) in [6.45, 7) is 7.08. The smallest absolute Gasteiger partial charge is 0.373 e. The van der Waals surface area contributed by atoms with Gasteiger partial charge in [-0.3, -0.25) is 19.1 Å². The van der Waals surface area contributed by atoms with Crippen molar-refractivity contribution in [2.24, 2.45) is 0 Å². The molecule has 0 aromatic heterocycles. The fourth-order valence-electron chi connectivity index (χ4n) is 4.00. The van der Waals surface area contributed by atoms with Gasteiger partial charge in [0, 0.05) is 27.4 Å². The molecular formula is C22H30O13. The highest BCUT2D eigenvalue weighted by atomic mass is 16.9. The van der Waals surface area contributed by atoms with Gasteiger partial charge in [-0.15, -0.1) is 0 Å². The monoisotopic (exact) mass is 502 g/mol. The van der Waals surface area contributed by atoms with Crippen molar-refractivity contribution in [1.82, 2.24) is 0 Å². The quantitative estimate of drug-likeness (QED) is 0.334. The van der Waals surface area contributed by atoms with Crippen LogP contribution in [0.3, 0.4) is 0 Å². The second-order valence-electron chi connectivity index (χ2n) is 7.93. The lowest BCUT2D eigenvalue weighted by Gasteiger charge is -2.40. The van der Waals surface area contributed by atoms with Gasteiger partial charge in [0.15, 0.2) is 24.6 Å². The SMILES string of the molecule is CCOC(=O)C1=CC(OCC)C[C@]2(O1)O[C@@H]1O[C@H](COC(C)=O)[C@@H](OC(C)=O)[C@H](OC(C)=O)[C@@H]1O2. The molecule has 0 aromatic rings. The summed E-state index contributed by atoms with van der Waals surface area (Å²) in [5.41, 5.74) is 0. The molecule has 7 atom stereocenters. The average molecular weight is 502 g/mol. The Morgan fingerprint density at radius 3 is 2.23 bits per heavy atom. The van der Waals surface area contributed by atoms with E-state index < -0.39 is 66.7 Å². The van der Waals surface area contributed by atoms with Crippen LogP contribution in [-0.2, 0) is 61.8 Å². The molecule has 1 spiro atoms. The molecule has 0 saturated carbocycles. The summed E-state index contributed by atoms with van der Waals surface area (Å²) in [5.74, 6) is -4.77. The van der Waals surface area contributed by atoms with Crippen LogP contribution in [0, 0.1) is 0 Å². The van der Waals surface area contributed by atoms with E-state index in [0.29, 0.717) is 6.61 Å². The molecule has 0 aromatic carbocycles. The molecule has 3 rings (SSSR count). The Hall–Kier alpha value is -2.74. The maximum atomic E-state index is 12.4. The maximum absolute atomic E-state index is 12.4. The summed E-state index contributed by atoms with van der Waals surface area (Å²) < 4.78 is 50.2. The maximum Gasteiger partial charge on any atom is 0.373 e. The molecule has 196 valence electrons. The molecule has 0 bridgehead atoms.